The van der Waals surface area contributed by atoms with Crippen LogP contribution in [0.3, 0.4) is 0 Å². The fourth-order valence-corrected chi connectivity index (χ4v) is 3.40. The molecule has 1 heterocycles. The minimum atomic E-state index is 0.427. The van der Waals surface area contributed by atoms with Crippen LogP contribution in [0.2, 0.25) is 0 Å². The Morgan fingerprint density at radius 1 is 1.04 bits per heavy atom. The van der Waals surface area contributed by atoms with Crippen molar-refractivity contribution in [3.63, 3.8) is 0 Å². The number of ether oxygens (including phenoxy) is 1. The lowest BCUT2D eigenvalue weighted by atomic mass is 10.2. The van der Waals surface area contributed by atoms with Crippen LogP contribution in [-0.4, -0.2) is 14.8 Å². The summed E-state index contributed by atoms with van der Waals surface area (Å²) >= 11 is 1.70. The minimum Gasteiger partial charge on any atom is -0.486 e. The van der Waals surface area contributed by atoms with Crippen LogP contribution in [-0.2, 0) is 18.9 Å². The van der Waals surface area contributed by atoms with Gasteiger partial charge in [0.25, 0.3) is 0 Å². The van der Waals surface area contributed by atoms with Crippen LogP contribution in [0.5, 0.6) is 5.75 Å². The second kappa shape index (κ2) is 8.02. The zero-order valence-electron chi connectivity index (χ0n) is 14.0. The molecule has 3 aromatic rings. The number of thioether (sulfide) groups is 1. The number of hydrogen-bond acceptors (Lipinski definition) is 4. The molecule has 0 radical (unpaired) electrons. The van der Waals surface area contributed by atoms with Crippen LogP contribution < -0.4 is 4.74 Å². The van der Waals surface area contributed by atoms with E-state index in [2.05, 4.69) is 58.9 Å². The van der Waals surface area contributed by atoms with Crippen molar-refractivity contribution in [2.75, 3.05) is 0 Å². The van der Waals surface area contributed by atoms with Crippen LogP contribution in [0.4, 0.5) is 0 Å². The van der Waals surface area contributed by atoms with Gasteiger partial charge in [-0.1, -0.05) is 54.2 Å². The lowest BCUT2D eigenvalue weighted by molar-refractivity contribution is 0.288. The molecule has 0 atom stereocenters. The Kier molecular flexibility index (Phi) is 5.54. The topological polar surface area (TPSA) is 39.9 Å². The van der Waals surface area contributed by atoms with E-state index in [1.807, 2.05) is 24.3 Å². The first kappa shape index (κ1) is 16.6. The van der Waals surface area contributed by atoms with E-state index in [0.29, 0.717) is 6.61 Å². The van der Waals surface area contributed by atoms with Crippen LogP contribution >= 0.6 is 11.8 Å². The average Bonchev–Trinajstić information content (AvgIpc) is 3.01. The molecule has 2 aromatic carbocycles. The van der Waals surface area contributed by atoms with Gasteiger partial charge in [0.2, 0.25) is 0 Å². The fourth-order valence-electron chi connectivity index (χ4n) is 2.43. The molecular weight excluding hydrogens is 318 g/mol. The highest BCUT2D eigenvalue weighted by Gasteiger charge is 2.12. The van der Waals surface area contributed by atoms with Gasteiger partial charge in [-0.05, 0) is 37.1 Å². The smallest absolute Gasteiger partial charge is 0.191 e. The second-order valence-electron chi connectivity index (χ2n) is 5.52. The molecule has 0 saturated carbocycles. The molecule has 0 saturated heterocycles. The van der Waals surface area contributed by atoms with Gasteiger partial charge in [0.05, 0.1) is 0 Å². The lowest BCUT2D eigenvalue weighted by Gasteiger charge is -2.09. The van der Waals surface area contributed by atoms with Gasteiger partial charge in [0, 0.05) is 12.3 Å². The molecule has 124 valence electrons. The first-order valence-corrected chi connectivity index (χ1v) is 9.03. The Bertz CT molecular complexity index is 786. The number of aryl methyl sites for hydroxylation is 1. The predicted octanol–water partition coefficient (Wildman–Crippen LogP) is 4.48. The average molecular weight is 339 g/mol. The molecule has 1 aromatic heterocycles. The first-order chi connectivity index (χ1) is 11.8. The Morgan fingerprint density at radius 2 is 1.88 bits per heavy atom. The van der Waals surface area contributed by atoms with Crippen LogP contribution in [0.15, 0.2) is 59.8 Å². The van der Waals surface area contributed by atoms with Gasteiger partial charge in [-0.2, -0.15) is 0 Å². The molecule has 0 aliphatic rings. The number of rotatable bonds is 7. The molecule has 24 heavy (non-hydrogen) atoms. The summed E-state index contributed by atoms with van der Waals surface area (Å²) in [6, 6.07) is 18.4. The Labute approximate surface area is 146 Å². The fraction of sp³-hybridized carbons (Fsp3) is 0.263. The Balaban J connectivity index is 1.65. The van der Waals surface area contributed by atoms with Crippen molar-refractivity contribution in [2.24, 2.45) is 0 Å². The van der Waals surface area contributed by atoms with Crippen LogP contribution in [0, 0.1) is 6.92 Å². The molecular formula is C19H21N3OS. The lowest BCUT2D eigenvalue weighted by Crippen LogP contribution is -2.07. The number of aromatic nitrogens is 3. The molecule has 4 nitrogen and oxygen atoms in total. The number of nitrogens with zero attached hydrogens (tertiary/aromatic N) is 3. The largest absolute Gasteiger partial charge is 0.486 e. The van der Waals surface area contributed by atoms with E-state index >= 15 is 0 Å². The number of benzene rings is 2. The van der Waals surface area contributed by atoms with E-state index in [9.17, 15) is 0 Å². The van der Waals surface area contributed by atoms with Crippen molar-refractivity contribution in [3.05, 3.63) is 71.5 Å². The van der Waals surface area contributed by atoms with Gasteiger partial charge in [-0.15, -0.1) is 10.2 Å². The summed E-state index contributed by atoms with van der Waals surface area (Å²) in [4.78, 5) is 0. The third-order valence-electron chi connectivity index (χ3n) is 3.68. The maximum Gasteiger partial charge on any atom is 0.191 e. The van der Waals surface area contributed by atoms with E-state index in [-0.39, 0.29) is 0 Å². The predicted molar refractivity (Wildman–Crippen MR) is 97.2 cm³/mol. The van der Waals surface area contributed by atoms with Gasteiger partial charge in [0.15, 0.2) is 11.0 Å². The summed E-state index contributed by atoms with van der Waals surface area (Å²) in [6.07, 6.45) is 0. The normalized spacial score (nSPS) is 10.8. The van der Waals surface area contributed by atoms with Crippen molar-refractivity contribution in [1.29, 1.82) is 0 Å². The van der Waals surface area contributed by atoms with Gasteiger partial charge < -0.3 is 9.30 Å². The molecule has 0 fully saturated rings. The van der Waals surface area contributed by atoms with Gasteiger partial charge in [-0.3, -0.25) is 0 Å². The summed E-state index contributed by atoms with van der Waals surface area (Å²) < 4.78 is 7.97. The monoisotopic (exact) mass is 339 g/mol. The van der Waals surface area contributed by atoms with E-state index in [1.54, 1.807) is 11.8 Å². The van der Waals surface area contributed by atoms with Crippen molar-refractivity contribution in [2.45, 2.75) is 37.9 Å². The molecule has 0 amide bonds. The third kappa shape index (κ3) is 4.17. The van der Waals surface area contributed by atoms with Crippen molar-refractivity contribution < 1.29 is 4.74 Å². The highest BCUT2D eigenvalue weighted by Crippen LogP contribution is 2.22. The van der Waals surface area contributed by atoms with E-state index in [1.165, 1.54) is 11.1 Å². The maximum atomic E-state index is 5.86. The standard InChI is InChI=1S/C19H21N3OS/c1-3-22-18(13-23-17-11-7-8-15(2)12-17)20-21-19(22)24-14-16-9-5-4-6-10-16/h4-12H,3,13-14H2,1-2H3. The van der Waals surface area contributed by atoms with Crippen molar-refractivity contribution >= 4 is 11.8 Å². The van der Waals surface area contributed by atoms with Gasteiger partial charge in [-0.25, -0.2) is 0 Å². The molecule has 0 aliphatic carbocycles. The SMILES string of the molecule is CCn1c(COc2cccc(C)c2)nnc1SCc1ccccc1. The zero-order chi connectivity index (χ0) is 16.8. The quantitative estimate of drug-likeness (QED) is 0.595. The molecule has 0 N–H and O–H groups in total. The van der Waals surface area contributed by atoms with Gasteiger partial charge >= 0.3 is 0 Å². The zero-order valence-corrected chi connectivity index (χ0v) is 14.8. The second-order valence-corrected chi connectivity index (χ2v) is 6.47. The van der Waals surface area contributed by atoms with E-state index in [4.69, 9.17) is 4.74 Å². The van der Waals surface area contributed by atoms with E-state index < -0.39 is 0 Å². The Hall–Kier alpha value is -2.27. The molecule has 0 aliphatic heterocycles. The summed E-state index contributed by atoms with van der Waals surface area (Å²) in [5.74, 6) is 2.60. The molecule has 0 bridgehead atoms. The summed E-state index contributed by atoms with van der Waals surface area (Å²) in [5, 5.41) is 9.57. The van der Waals surface area contributed by atoms with E-state index in [0.717, 1.165) is 29.0 Å². The first-order valence-electron chi connectivity index (χ1n) is 8.04. The number of hydrogen-bond donors (Lipinski definition) is 0. The minimum absolute atomic E-state index is 0.427. The third-order valence-corrected chi connectivity index (χ3v) is 4.72. The summed E-state index contributed by atoms with van der Waals surface area (Å²) in [6.45, 7) is 5.42. The molecule has 0 spiro atoms. The molecule has 5 heteroatoms. The highest BCUT2D eigenvalue weighted by atomic mass is 32.2. The highest BCUT2D eigenvalue weighted by molar-refractivity contribution is 7.98. The van der Waals surface area contributed by atoms with Gasteiger partial charge in [0.1, 0.15) is 12.4 Å². The molecule has 3 rings (SSSR count). The maximum absolute atomic E-state index is 5.86. The summed E-state index contributed by atoms with van der Waals surface area (Å²) in [5.41, 5.74) is 2.47. The molecule has 0 unspecified atom stereocenters. The van der Waals surface area contributed by atoms with Crippen molar-refractivity contribution in [3.8, 4) is 5.75 Å². The van der Waals surface area contributed by atoms with Crippen LogP contribution in [0.1, 0.15) is 23.9 Å². The summed E-state index contributed by atoms with van der Waals surface area (Å²) in [7, 11) is 0. The van der Waals surface area contributed by atoms with Crippen LogP contribution in [0.25, 0.3) is 0 Å². The van der Waals surface area contributed by atoms with Crippen molar-refractivity contribution in [1.82, 2.24) is 14.8 Å². The Morgan fingerprint density at radius 3 is 2.62 bits per heavy atom.